The molecule has 136 valence electrons. The number of nitrogens with one attached hydrogen (secondary N) is 1. The van der Waals surface area contributed by atoms with Gasteiger partial charge >= 0.3 is 0 Å². The zero-order chi connectivity index (χ0) is 18.8. The summed E-state index contributed by atoms with van der Waals surface area (Å²) < 4.78 is 14.0. The lowest BCUT2D eigenvalue weighted by Gasteiger charge is -2.11. The van der Waals surface area contributed by atoms with E-state index in [0.717, 1.165) is 29.7 Å². The summed E-state index contributed by atoms with van der Waals surface area (Å²) in [6, 6.07) is 6.25. The largest absolute Gasteiger partial charge is 0.290 e. The molecule has 0 amide bonds. The fourth-order valence-electron chi connectivity index (χ4n) is 2.39. The first-order chi connectivity index (χ1) is 12.1. The number of halogens is 1. The summed E-state index contributed by atoms with van der Waals surface area (Å²) in [4.78, 5) is 4.51. The van der Waals surface area contributed by atoms with E-state index < -0.39 is 5.82 Å². The molecular formula is C21H29FN2O. The predicted octanol–water partition coefficient (Wildman–Crippen LogP) is 5.78. The number of rotatable bonds is 5. The van der Waals surface area contributed by atoms with Crippen LogP contribution in [0.4, 0.5) is 4.39 Å². The average Bonchev–Trinajstić information content (AvgIpc) is 3.47. The predicted molar refractivity (Wildman–Crippen MR) is 103 cm³/mol. The van der Waals surface area contributed by atoms with Crippen molar-refractivity contribution in [2.24, 2.45) is 10.9 Å². The van der Waals surface area contributed by atoms with Crippen LogP contribution in [-0.4, -0.2) is 11.0 Å². The first kappa shape index (κ1) is 20.8. The summed E-state index contributed by atoms with van der Waals surface area (Å²) in [5.74, 6) is 0.182. The Hall–Kier alpha value is -2.20. The molecule has 0 aliphatic heterocycles. The molecule has 1 aliphatic carbocycles. The monoisotopic (exact) mass is 344 g/mol. The molecule has 4 heteroatoms. The molecule has 3 nitrogen and oxygen atoms in total. The summed E-state index contributed by atoms with van der Waals surface area (Å²) in [5, 5.41) is 9.44. The van der Waals surface area contributed by atoms with Crippen LogP contribution in [-0.2, 0) is 0 Å². The second kappa shape index (κ2) is 10.6. The molecule has 1 fully saturated rings. The van der Waals surface area contributed by atoms with Gasteiger partial charge in [0.2, 0.25) is 0 Å². The minimum Gasteiger partial charge on any atom is -0.290 e. The van der Waals surface area contributed by atoms with Crippen LogP contribution in [0, 0.1) is 11.7 Å². The van der Waals surface area contributed by atoms with Gasteiger partial charge in [-0.3, -0.25) is 10.7 Å². The molecule has 0 spiro atoms. The molecule has 0 atom stereocenters. The lowest BCUT2D eigenvalue weighted by molar-refractivity contribution is 0.234. The number of benzene rings is 1. The van der Waals surface area contributed by atoms with Crippen molar-refractivity contribution in [1.29, 1.82) is 0 Å². The SMILES string of the molecule is CC.C\C=C(/C(=C\C(C)=C\C)N=C(NO)c1ccccc1F)C1CC1. The molecule has 0 radical (unpaired) electrons. The number of hydroxylamine groups is 1. The Balaban J connectivity index is 0.00000151. The third-order valence-electron chi connectivity index (χ3n) is 3.91. The molecule has 2 rings (SSSR count). The Morgan fingerprint density at radius 2 is 1.84 bits per heavy atom. The maximum Gasteiger partial charge on any atom is 0.160 e. The van der Waals surface area contributed by atoms with Crippen LogP contribution in [0.2, 0.25) is 0 Å². The van der Waals surface area contributed by atoms with Crippen molar-refractivity contribution < 1.29 is 9.60 Å². The zero-order valence-corrected chi connectivity index (χ0v) is 15.8. The van der Waals surface area contributed by atoms with Crippen molar-refractivity contribution in [3.8, 4) is 0 Å². The van der Waals surface area contributed by atoms with Gasteiger partial charge in [0.15, 0.2) is 5.84 Å². The van der Waals surface area contributed by atoms with E-state index in [9.17, 15) is 9.60 Å². The van der Waals surface area contributed by atoms with Crippen LogP contribution in [0.1, 0.15) is 53.0 Å². The fraction of sp³-hybridized carbons (Fsp3) is 0.381. The van der Waals surface area contributed by atoms with Gasteiger partial charge in [-0.2, -0.15) is 0 Å². The van der Waals surface area contributed by atoms with Crippen LogP contribution in [0.25, 0.3) is 0 Å². The van der Waals surface area contributed by atoms with Crippen molar-refractivity contribution in [2.45, 2.75) is 47.5 Å². The van der Waals surface area contributed by atoms with Gasteiger partial charge < -0.3 is 0 Å². The quantitative estimate of drug-likeness (QED) is 0.307. The molecule has 1 aromatic rings. The number of nitrogens with zero attached hydrogens (tertiary/aromatic N) is 1. The first-order valence-corrected chi connectivity index (χ1v) is 8.85. The van der Waals surface area contributed by atoms with Crippen LogP contribution in [0.3, 0.4) is 0 Å². The number of amidine groups is 1. The molecule has 0 aromatic heterocycles. The second-order valence-electron chi connectivity index (χ2n) is 5.63. The summed E-state index contributed by atoms with van der Waals surface area (Å²) in [6.07, 6.45) is 8.29. The van der Waals surface area contributed by atoms with E-state index in [4.69, 9.17) is 0 Å². The Labute approximate surface area is 150 Å². The third-order valence-corrected chi connectivity index (χ3v) is 3.91. The highest BCUT2D eigenvalue weighted by Gasteiger charge is 2.28. The van der Waals surface area contributed by atoms with Crippen LogP contribution < -0.4 is 5.48 Å². The van der Waals surface area contributed by atoms with Gasteiger partial charge in [0.1, 0.15) is 5.82 Å². The highest BCUT2D eigenvalue weighted by Crippen LogP contribution is 2.40. The topological polar surface area (TPSA) is 44.6 Å². The van der Waals surface area contributed by atoms with Gasteiger partial charge in [-0.15, -0.1) is 0 Å². The van der Waals surface area contributed by atoms with Crippen LogP contribution in [0.5, 0.6) is 0 Å². The van der Waals surface area contributed by atoms with Gasteiger partial charge in [-0.05, 0) is 63.3 Å². The van der Waals surface area contributed by atoms with Gasteiger partial charge in [-0.1, -0.05) is 43.7 Å². The van der Waals surface area contributed by atoms with E-state index in [1.54, 1.807) is 18.2 Å². The molecule has 0 unspecified atom stereocenters. The fourth-order valence-corrected chi connectivity index (χ4v) is 2.39. The number of allylic oxidation sites excluding steroid dienone is 5. The van der Waals surface area contributed by atoms with E-state index in [0.29, 0.717) is 5.92 Å². The summed E-state index contributed by atoms with van der Waals surface area (Å²) >= 11 is 0. The van der Waals surface area contributed by atoms with Gasteiger partial charge in [-0.25, -0.2) is 9.38 Å². The minimum absolute atomic E-state index is 0.109. The van der Waals surface area contributed by atoms with E-state index in [2.05, 4.69) is 4.99 Å². The van der Waals surface area contributed by atoms with Crippen molar-refractivity contribution in [1.82, 2.24) is 5.48 Å². The average molecular weight is 344 g/mol. The number of aliphatic imine (C=N–C) groups is 1. The van der Waals surface area contributed by atoms with Crippen molar-refractivity contribution in [3.05, 3.63) is 70.7 Å². The first-order valence-electron chi connectivity index (χ1n) is 8.85. The number of hydrogen-bond donors (Lipinski definition) is 2. The van der Waals surface area contributed by atoms with Crippen LogP contribution in [0.15, 0.2) is 64.3 Å². The summed E-state index contributed by atoms with van der Waals surface area (Å²) in [7, 11) is 0. The van der Waals surface area contributed by atoms with Crippen molar-refractivity contribution in [2.75, 3.05) is 0 Å². The molecule has 25 heavy (non-hydrogen) atoms. The van der Waals surface area contributed by atoms with E-state index in [1.807, 2.05) is 58.3 Å². The van der Waals surface area contributed by atoms with Gasteiger partial charge in [0.25, 0.3) is 0 Å². The van der Waals surface area contributed by atoms with Crippen LogP contribution >= 0.6 is 0 Å². The minimum atomic E-state index is -0.427. The summed E-state index contributed by atoms with van der Waals surface area (Å²) in [6.45, 7) is 9.93. The molecule has 0 saturated heterocycles. The smallest absolute Gasteiger partial charge is 0.160 e. The Morgan fingerprint density at radius 3 is 2.32 bits per heavy atom. The van der Waals surface area contributed by atoms with Gasteiger partial charge in [0.05, 0.1) is 11.3 Å². The number of hydrogen-bond acceptors (Lipinski definition) is 2. The second-order valence-corrected chi connectivity index (χ2v) is 5.63. The Kier molecular flexibility index (Phi) is 8.86. The molecule has 0 bridgehead atoms. The van der Waals surface area contributed by atoms with E-state index >= 15 is 0 Å². The maximum atomic E-state index is 14.0. The van der Waals surface area contributed by atoms with Gasteiger partial charge in [0, 0.05) is 0 Å². The van der Waals surface area contributed by atoms with Crippen molar-refractivity contribution in [3.63, 3.8) is 0 Å². The molecule has 1 aromatic carbocycles. The molecule has 1 saturated carbocycles. The third kappa shape index (κ3) is 5.98. The molecule has 1 aliphatic rings. The summed E-state index contributed by atoms with van der Waals surface area (Å²) in [5.41, 5.74) is 5.24. The molecule has 0 heterocycles. The normalized spacial score (nSPS) is 16.3. The highest BCUT2D eigenvalue weighted by atomic mass is 19.1. The standard InChI is InChI=1S/C19H23FN2O.C2H6/c1-4-13(3)12-18(15(5-2)14-10-11-14)21-19(22-23)16-8-6-7-9-17(16)20;1-2/h4-9,12,14,23H,10-11H2,1-3H3,(H,21,22);1-2H3/b13-4+,15-5-,18-12+;. The zero-order valence-electron chi connectivity index (χ0n) is 15.8. The van der Waals surface area contributed by atoms with E-state index in [1.165, 1.54) is 6.07 Å². The Morgan fingerprint density at radius 1 is 1.20 bits per heavy atom. The maximum absolute atomic E-state index is 14.0. The molecular weight excluding hydrogens is 315 g/mol. The van der Waals surface area contributed by atoms with E-state index in [-0.39, 0.29) is 11.4 Å². The lowest BCUT2D eigenvalue weighted by Crippen LogP contribution is -2.22. The Bertz CT molecular complexity index is 683. The molecule has 2 N–H and O–H groups in total. The van der Waals surface area contributed by atoms with Crippen molar-refractivity contribution >= 4 is 5.84 Å². The highest BCUT2D eigenvalue weighted by molar-refractivity contribution is 5.99. The lowest BCUT2D eigenvalue weighted by atomic mass is 10.0.